The Kier molecular flexibility index (Phi) is 5.76. The lowest BCUT2D eigenvalue weighted by atomic mass is 10.0. The quantitative estimate of drug-likeness (QED) is 0.682. The summed E-state index contributed by atoms with van der Waals surface area (Å²) in [6.07, 6.45) is 1.55. The van der Waals surface area contributed by atoms with E-state index in [1.54, 1.807) is 0 Å². The van der Waals surface area contributed by atoms with Gasteiger partial charge >= 0.3 is 0 Å². The second-order valence-corrected chi connectivity index (χ2v) is 8.35. The molecule has 0 bridgehead atoms. The van der Waals surface area contributed by atoms with Crippen LogP contribution < -0.4 is 5.32 Å². The maximum absolute atomic E-state index is 13.1. The number of hydrogen-bond acceptors (Lipinski definition) is 3. The smallest absolute Gasteiger partial charge is 0.264 e. The number of hydrogen-bond donors (Lipinski definition) is 1. The Bertz CT molecular complexity index is 987. The molecule has 1 N–H and O–H groups in total. The maximum atomic E-state index is 13.1. The highest BCUT2D eigenvalue weighted by molar-refractivity contribution is 7.12. The fraction of sp³-hybridized carbons (Fsp3) is 0.250. The minimum absolute atomic E-state index is 0.0460. The summed E-state index contributed by atoms with van der Waals surface area (Å²) in [6, 6.07) is 19.7. The average molecular weight is 405 g/mol. The molecule has 2 aromatic carbocycles. The summed E-state index contributed by atoms with van der Waals surface area (Å²) in [5.74, 6) is 0.0405. The molecule has 5 heteroatoms. The second-order valence-electron chi connectivity index (χ2n) is 7.44. The lowest BCUT2D eigenvalue weighted by Crippen LogP contribution is -2.46. The van der Waals surface area contributed by atoms with Gasteiger partial charge in [-0.15, -0.1) is 11.3 Å². The number of thiophene rings is 1. The predicted octanol–water partition coefficient (Wildman–Crippen LogP) is 4.76. The highest BCUT2D eigenvalue weighted by Crippen LogP contribution is 2.30. The van der Waals surface area contributed by atoms with Crippen LogP contribution in [0.25, 0.3) is 11.1 Å². The summed E-state index contributed by atoms with van der Waals surface area (Å²) < 4.78 is 0. The van der Waals surface area contributed by atoms with Crippen molar-refractivity contribution in [3.8, 4) is 11.1 Å². The third-order valence-electron chi connectivity index (χ3n) is 5.38. The van der Waals surface area contributed by atoms with E-state index in [2.05, 4.69) is 36.5 Å². The van der Waals surface area contributed by atoms with Crippen LogP contribution in [-0.4, -0.2) is 35.8 Å². The number of carbonyl (C=O) groups is 2. The molecule has 0 radical (unpaired) electrons. The standard InChI is InChI=1S/C24H24N2O2S/c1-17-7-9-18(10-8-17)21-13-16-29-22(21)24(28)26-14-11-20(12-15-26)25-23(27)19-5-3-2-4-6-19/h2-10,13,16,20H,11-12,14-15H2,1H3,(H,25,27). The number of likely N-dealkylation sites (tertiary alicyclic amines) is 1. The summed E-state index contributed by atoms with van der Waals surface area (Å²) in [4.78, 5) is 28.2. The molecule has 4 rings (SSSR count). The molecule has 0 saturated carbocycles. The van der Waals surface area contributed by atoms with Crippen molar-refractivity contribution in [3.63, 3.8) is 0 Å². The number of amides is 2. The normalized spacial score (nSPS) is 14.6. The Morgan fingerprint density at radius 3 is 2.34 bits per heavy atom. The summed E-state index contributed by atoms with van der Waals surface area (Å²) in [7, 11) is 0. The molecule has 1 saturated heterocycles. The molecular weight excluding hydrogens is 380 g/mol. The van der Waals surface area contributed by atoms with Crippen LogP contribution in [0.5, 0.6) is 0 Å². The van der Waals surface area contributed by atoms with Crippen LogP contribution in [0.15, 0.2) is 66.0 Å². The van der Waals surface area contributed by atoms with Gasteiger partial charge in [-0.1, -0.05) is 48.0 Å². The number of rotatable bonds is 4. The molecule has 1 fully saturated rings. The molecule has 3 aromatic rings. The number of nitrogens with one attached hydrogen (secondary N) is 1. The van der Waals surface area contributed by atoms with E-state index in [0.29, 0.717) is 18.7 Å². The fourth-order valence-corrected chi connectivity index (χ4v) is 4.55. The maximum Gasteiger partial charge on any atom is 0.264 e. The minimum atomic E-state index is -0.0460. The third kappa shape index (κ3) is 4.40. The van der Waals surface area contributed by atoms with E-state index in [1.807, 2.05) is 46.7 Å². The molecule has 1 aliphatic rings. The van der Waals surface area contributed by atoms with Crippen LogP contribution in [0.3, 0.4) is 0 Å². The second kappa shape index (κ2) is 8.62. The van der Waals surface area contributed by atoms with Gasteiger partial charge in [-0.05, 0) is 48.9 Å². The van der Waals surface area contributed by atoms with Crippen LogP contribution in [0.4, 0.5) is 0 Å². The summed E-state index contributed by atoms with van der Waals surface area (Å²) in [5, 5.41) is 5.08. The zero-order chi connectivity index (χ0) is 20.2. The Morgan fingerprint density at radius 2 is 1.66 bits per heavy atom. The van der Waals surface area contributed by atoms with Gasteiger partial charge in [-0.25, -0.2) is 0 Å². The first-order chi connectivity index (χ1) is 14.1. The first-order valence-electron chi connectivity index (χ1n) is 9.91. The van der Waals surface area contributed by atoms with Gasteiger partial charge in [-0.3, -0.25) is 9.59 Å². The van der Waals surface area contributed by atoms with Crippen molar-refractivity contribution in [2.24, 2.45) is 0 Å². The van der Waals surface area contributed by atoms with Gasteiger partial charge in [0.1, 0.15) is 0 Å². The van der Waals surface area contributed by atoms with Crippen molar-refractivity contribution in [2.75, 3.05) is 13.1 Å². The first-order valence-corrected chi connectivity index (χ1v) is 10.8. The number of carbonyl (C=O) groups excluding carboxylic acids is 2. The molecule has 0 atom stereocenters. The van der Waals surface area contributed by atoms with E-state index in [9.17, 15) is 9.59 Å². The molecular formula is C24H24N2O2S. The Morgan fingerprint density at radius 1 is 0.966 bits per heavy atom. The first kappa shape index (κ1) is 19.4. The molecule has 0 unspecified atom stereocenters. The Labute approximate surface area is 175 Å². The predicted molar refractivity (Wildman–Crippen MR) is 117 cm³/mol. The van der Waals surface area contributed by atoms with E-state index in [1.165, 1.54) is 16.9 Å². The summed E-state index contributed by atoms with van der Waals surface area (Å²) in [6.45, 7) is 3.37. The zero-order valence-electron chi connectivity index (χ0n) is 16.4. The summed E-state index contributed by atoms with van der Waals surface area (Å²) >= 11 is 1.50. The van der Waals surface area contributed by atoms with Gasteiger partial charge in [0.2, 0.25) is 0 Å². The average Bonchev–Trinajstić information content (AvgIpc) is 3.25. The van der Waals surface area contributed by atoms with E-state index < -0.39 is 0 Å². The van der Waals surface area contributed by atoms with Crippen molar-refractivity contribution in [1.29, 1.82) is 0 Å². The van der Waals surface area contributed by atoms with E-state index in [0.717, 1.165) is 28.8 Å². The minimum Gasteiger partial charge on any atom is -0.349 e. The SMILES string of the molecule is Cc1ccc(-c2ccsc2C(=O)N2CCC(NC(=O)c3ccccc3)CC2)cc1. The molecule has 0 spiro atoms. The molecule has 1 aliphatic heterocycles. The van der Waals surface area contributed by atoms with Gasteiger partial charge in [0, 0.05) is 30.3 Å². The van der Waals surface area contributed by atoms with Gasteiger partial charge in [-0.2, -0.15) is 0 Å². The largest absolute Gasteiger partial charge is 0.349 e. The lowest BCUT2D eigenvalue weighted by Gasteiger charge is -2.32. The third-order valence-corrected chi connectivity index (χ3v) is 6.28. The highest BCUT2D eigenvalue weighted by Gasteiger charge is 2.27. The number of aryl methyl sites for hydroxylation is 1. The molecule has 29 heavy (non-hydrogen) atoms. The van der Waals surface area contributed by atoms with E-state index in [4.69, 9.17) is 0 Å². The highest BCUT2D eigenvalue weighted by atomic mass is 32.1. The van der Waals surface area contributed by atoms with Gasteiger partial charge < -0.3 is 10.2 Å². The van der Waals surface area contributed by atoms with Crippen LogP contribution in [0, 0.1) is 6.92 Å². The number of piperidine rings is 1. The summed E-state index contributed by atoms with van der Waals surface area (Å²) in [5.41, 5.74) is 3.95. The van der Waals surface area contributed by atoms with Crippen molar-refractivity contribution in [3.05, 3.63) is 82.0 Å². The zero-order valence-corrected chi connectivity index (χ0v) is 17.2. The van der Waals surface area contributed by atoms with E-state index >= 15 is 0 Å². The van der Waals surface area contributed by atoms with Crippen LogP contribution in [-0.2, 0) is 0 Å². The van der Waals surface area contributed by atoms with Crippen LogP contribution >= 0.6 is 11.3 Å². The number of benzene rings is 2. The van der Waals surface area contributed by atoms with Gasteiger partial charge in [0.05, 0.1) is 4.88 Å². The fourth-order valence-electron chi connectivity index (χ4n) is 3.66. The molecule has 2 amide bonds. The van der Waals surface area contributed by atoms with Crippen LogP contribution in [0.1, 0.15) is 38.4 Å². The van der Waals surface area contributed by atoms with E-state index in [-0.39, 0.29) is 17.9 Å². The lowest BCUT2D eigenvalue weighted by molar-refractivity contribution is 0.0703. The molecule has 148 valence electrons. The van der Waals surface area contributed by atoms with Crippen LogP contribution in [0.2, 0.25) is 0 Å². The van der Waals surface area contributed by atoms with Crippen molar-refractivity contribution in [1.82, 2.24) is 10.2 Å². The molecule has 1 aromatic heterocycles. The Hall–Kier alpha value is -2.92. The Balaban J connectivity index is 1.38. The van der Waals surface area contributed by atoms with Crippen molar-refractivity contribution >= 4 is 23.2 Å². The molecule has 0 aliphatic carbocycles. The molecule has 4 nitrogen and oxygen atoms in total. The van der Waals surface area contributed by atoms with Crippen molar-refractivity contribution in [2.45, 2.75) is 25.8 Å². The van der Waals surface area contributed by atoms with Gasteiger partial charge in [0.25, 0.3) is 11.8 Å². The van der Waals surface area contributed by atoms with Crippen molar-refractivity contribution < 1.29 is 9.59 Å². The topological polar surface area (TPSA) is 49.4 Å². The number of nitrogens with zero attached hydrogens (tertiary/aromatic N) is 1. The molecule has 2 heterocycles. The van der Waals surface area contributed by atoms with Gasteiger partial charge in [0.15, 0.2) is 0 Å². The monoisotopic (exact) mass is 404 g/mol.